The smallest absolute Gasteiger partial charge is 0.326 e. The summed E-state index contributed by atoms with van der Waals surface area (Å²) in [6.45, 7) is -0.121. The van der Waals surface area contributed by atoms with Crippen LogP contribution in [0, 0.1) is 3.57 Å². The maximum absolute atomic E-state index is 12.5. The van der Waals surface area contributed by atoms with Gasteiger partial charge in [-0.05, 0) is 40.3 Å². The first-order valence-electron chi connectivity index (χ1n) is 3.61. The van der Waals surface area contributed by atoms with Crippen LogP contribution in [0.5, 0.6) is 0 Å². The van der Waals surface area contributed by atoms with Gasteiger partial charge in [0.25, 0.3) is 0 Å². The van der Waals surface area contributed by atoms with Gasteiger partial charge < -0.3 is 5.73 Å². The van der Waals surface area contributed by atoms with Gasteiger partial charge in [0.15, 0.2) is 0 Å². The molecule has 0 fully saturated rings. The topological polar surface area (TPSA) is 26.0 Å². The molecule has 0 aliphatic heterocycles. The zero-order chi connectivity index (χ0) is 10.9. The number of alkyl halides is 3. The van der Waals surface area contributed by atoms with E-state index in [2.05, 4.69) is 15.9 Å². The number of nitrogens with two attached hydrogens (primary N) is 1. The SMILES string of the molecule is NCc1cc(I)cc(Br)c1C(F)(F)F. The number of benzene rings is 1. The minimum absolute atomic E-state index is 0.0392. The second kappa shape index (κ2) is 4.36. The Morgan fingerprint density at radius 3 is 2.36 bits per heavy atom. The van der Waals surface area contributed by atoms with E-state index in [1.807, 2.05) is 22.6 Å². The van der Waals surface area contributed by atoms with Crippen LogP contribution in [0.4, 0.5) is 13.2 Å². The molecule has 1 rings (SSSR count). The van der Waals surface area contributed by atoms with Gasteiger partial charge >= 0.3 is 6.18 Å². The fourth-order valence-corrected chi connectivity index (χ4v) is 2.95. The van der Waals surface area contributed by atoms with Crippen molar-refractivity contribution in [3.63, 3.8) is 0 Å². The lowest BCUT2D eigenvalue weighted by atomic mass is 10.1. The van der Waals surface area contributed by atoms with Gasteiger partial charge in [-0.3, -0.25) is 0 Å². The van der Waals surface area contributed by atoms with E-state index in [0.29, 0.717) is 0 Å². The number of halogens is 5. The Bertz CT molecular complexity index is 351. The number of hydrogen-bond acceptors (Lipinski definition) is 1. The monoisotopic (exact) mass is 379 g/mol. The van der Waals surface area contributed by atoms with Crippen LogP contribution in [0.3, 0.4) is 0 Å². The Morgan fingerprint density at radius 1 is 1.36 bits per heavy atom. The summed E-state index contributed by atoms with van der Waals surface area (Å²) >= 11 is 4.84. The molecule has 0 aromatic heterocycles. The van der Waals surface area contributed by atoms with Gasteiger partial charge in [-0.2, -0.15) is 13.2 Å². The molecule has 0 heterocycles. The molecule has 0 spiro atoms. The van der Waals surface area contributed by atoms with Crippen LogP contribution in [0.1, 0.15) is 11.1 Å². The summed E-state index contributed by atoms with van der Waals surface area (Å²) in [5, 5.41) is 0. The Hall–Kier alpha value is 0.180. The minimum Gasteiger partial charge on any atom is -0.326 e. The summed E-state index contributed by atoms with van der Waals surface area (Å²) in [7, 11) is 0. The third kappa shape index (κ3) is 2.60. The predicted octanol–water partition coefficient (Wildman–Crippen LogP) is 3.53. The first kappa shape index (κ1) is 12.3. The summed E-state index contributed by atoms with van der Waals surface area (Å²) in [6, 6.07) is 2.86. The summed E-state index contributed by atoms with van der Waals surface area (Å²) in [6.07, 6.45) is -4.36. The summed E-state index contributed by atoms with van der Waals surface area (Å²) in [5.41, 5.74) is 4.69. The molecule has 0 aliphatic carbocycles. The molecule has 1 nitrogen and oxygen atoms in total. The van der Waals surface area contributed by atoms with E-state index < -0.39 is 11.7 Å². The lowest BCUT2D eigenvalue weighted by Gasteiger charge is -2.14. The second-order valence-electron chi connectivity index (χ2n) is 2.62. The van der Waals surface area contributed by atoms with Crippen LogP contribution in [0.2, 0.25) is 0 Å². The molecule has 0 radical (unpaired) electrons. The van der Waals surface area contributed by atoms with E-state index in [4.69, 9.17) is 5.73 Å². The molecule has 14 heavy (non-hydrogen) atoms. The molecule has 0 saturated carbocycles. The maximum atomic E-state index is 12.5. The highest BCUT2D eigenvalue weighted by Gasteiger charge is 2.35. The average molecular weight is 380 g/mol. The van der Waals surface area contributed by atoms with E-state index >= 15 is 0 Å². The zero-order valence-corrected chi connectivity index (χ0v) is 10.6. The van der Waals surface area contributed by atoms with Gasteiger partial charge in [0, 0.05) is 14.6 Å². The van der Waals surface area contributed by atoms with Crippen LogP contribution in [-0.2, 0) is 12.7 Å². The van der Waals surface area contributed by atoms with Crippen LogP contribution in [0.15, 0.2) is 16.6 Å². The molecular weight excluding hydrogens is 374 g/mol. The summed E-state index contributed by atoms with van der Waals surface area (Å²) in [5.74, 6) is 0. The van der Waals surface area contributed by atoms with Crippen molar-refractivity contribution < 1.29 is 13.2 Å². The van der Waals surface area contributed by atoms with Crippen LogP contribution >= 0.6 is 38.5 Å². The molecule has 0 atom stereocenters. The third-order valence-electron chi connectivity index (χ3n) is 1.64. The Balaban J connectivity index is 3.40. The Morgan fingerprint density at radius 2 is 1.93 bits per heavy atom. The fraction of sp³-hybridized carbons (Fsp3) is 0.250. The molecule has 1 aromatic rings. The normalized spacial score (nSPS) is 11.9. The molecule has 0 aliphatic rings. The van der Waals surface area contributed by atoms with Gasteiger partial charge in [-0.1, -0.05) is 15.9 Å². The highest BCUT2D eigenvalue weighted by Crippen LogP contribution is 2.38. The molecule has 6 heteroatoms. The van der Waals surface area contributed by atoms with E-state index in [1.54, 1.807) is 0 Å². The molecule has 0 saturated heterocycles. The minimum atomic E-state index is -4.36. The predicted molar refractivity (Wildman–Crippen MR) is 59.8 cm³/mol. The summed E-state index contributed by atoms with van der Waals surface area (Å²) < 4.78 is 38.4. The fourth-order valence-electron chi connectivity index (χ4n) is 1.11. The maximum Gasteiger partial charge on any atom is 0.417 e. The zero-order valence-electron chi connectivity index (χ0n) is 6.83. The van der Waals surface area contributed by atoms with Gasteiger partial charge in [0.2, 0.25) is 0 Å². The molecule has 0 bridgehead atoms. The molecule has 78 valence electrons. The van der Waals surface area contributed by atoms with Crippen molar-refractivity contribution in [1.82, 2.24) is 0 Å². The molecular formula is C8H6BrF3IN. The van der Waals surface area contributed by atoms with Crippen molar-refractivity contribution in [2.24, 2.45) is 5.73 Å². The lowest BCUT2D eigenvalue weighted by molar-refractivity contribution is -0.138. The van der Waals surface area contributed by atoms with E-state index in [9.17, 15) is 13.2 Å². The second-order valence-corrected chi connectivity index (χ2v) is 4.72. The highest BCUT2D eigenvalue weighted by atomic mass is 127. The van der Waals surface area contributed by atoms with Crippen molar-refractivity contribution in [3.05, 3.63) is 31.3 Å². The number of hydrogen-bond donors (Lipinski definition) is 1. The third-order valence-corrected chi connectivity index (χ3v) is 2.89. The van der Waals surface area contributed by atoms with Crippen LogP contribution in [-0.4, -0.2) is 0 Å². The molecule has 2 N–H and O–H groups in total. The lowest BCUT2D eigenvalue weighted by Crippen LogP contribution is -2.13. The van der Waals surface area contributed by atoms with Gasteiger partial charge in [0.05, 0.1) is 5.56 Å². The van der Waals surface area contributed by atoms with E-state index in [-0.39, 0.29) is 16.6 Å². The average Bonchev–Trinajstić information content (AvgIpc) is 1.99. The van der Waals surface area contributed by atoms with Crippen LogP contribution < -0.4 is 5.73 Å². The largest absolute Gasteiger partial charge is 0.417 e. The van der Waals surface area contributed by atoms with E-state index in [1.165, 1.54) is 12.1 Å². The van der Waals surface area contributed by atoms with E-state index in [0.717, 1.165) is 3.57 Å². The first-order chi connectivity index (χ1) is 6.36. The van der Waals surface area contributed by atoms with Gasteiger partial charge in [-0.15, -0.1) is 0 Å². The van der Waals surface area contributed by atoms with Gasteiger partial charge in [-0.25, -0.2) is 0 Å². The molecule has 0 amide bonds. The Kier molecular flexibility index (Phi) is 3.81. The summed E-state index contributed by atoms with van der Waals surface area (Å²) in [4.78, 5) is 0. The highest BCUT2D eigenvalue weighted by molar-refractivity contribution is 14.1. The number of rotatable bonds is 1. The van der Waals surface area contributed by atoms with Crippen molar-refractivity contribution in [2.45, 2.75) is 12.7 Å². The standard InChI is InChI=1S/C8H6BrF3IN/c9-6-2-5(13)1-4(3-14)7(6)8(10,11)12/h1-2H,3,14H2. The molecule has 1 aromatic carbocycles. The first-order valence-corrected chi connectivity index (χ1v) is 5.48. The quantitative estimate of drug-likeness (QED) is 0.742. The van der Waals surface area contributed by atoms with Crippen molar-refractivity contribution in [2.75, 3.05) is 0 Å². The van der Waals surface area contributed by atoms with Gasteiger partial charge in [0.1, 0.15) is 0 Å². The van der Waals surface area contributed by atoms with Crippen molar-refractivity contribution in [3.8, 4) is 0 Å². The Labute approximate surface area is 101 Å². The van der Waals surface area contributed by atoms with Crippen molar-refractivity contribution in [1.29, 1.82) is 0 Å². The molecule has 0 unspecified atom stereocenters. The van der Waals surface area contributed by atoms with Crippen molar-refractivity contribution >= 4 is 38.5 Å². The van der Waals surface area contributed by atoms with Crippen LogP contribution in [0.25, 0.3) is 0 Å².